The van der Waals surface area contributed by atoms with Crippen molar-refractivity contribution in [1.82, 2.24) is 20.0 Å². The van der Waals surface area contributed by atoms with E-state index in [-0.39, 0.29) is 0 Å². The Labute approximate surface area is 149 Å². The number of hydrogen-bond donors (Lipinski definition) is 1. The van der Waals surface area contributed by atoms with Crippen LogP contribution in [0.1, 0.15) is 64.2 Å². The van der Waals surface area contributed by atoms with E-state index < -0.39 is 5.97 Å². The summed E-state index contributed by atoms with van der Waals surface area (Å²) in [4.78, 5) is 14.7. The summed E-state index contributed by atoms with van der Waals surface area (Å²) in [7, 11) is 0. The average molecular weight is 344 g/mol. The van der Waals surface area contributed by atoms with Crippen LogP contribution in [0.4, 0.5) is 0 Å². The molecule has 0 radical (unpaired) electrons. The van der Waals surface area contributed by atoms with Gasteiger partial charge in [-0.3, -0.25) is 14.5 Å². The number of aryl methyl sites for hydroxylation is 1. The Morgan fingerprint density at radius 2 is 1.60 bits per heavy atom. The van der Waals surface area contributed by atoms with Gasteiger partial charge in [-0.05, 0) is 25.0 Å². The molecule has 136 valence electrons. The summed E-state index contributed by atoms with van der Waals surface area (Å²) in [6, 6.07) is 5.79. The smallest absolute Gasteiger partial charge is 0.303 e. The van der Waals surface area contributed by atoms with E-state index in [1.54, 1.807) is 6.20 Å². The molecule has 0 unspecified atom stereocenters. The molecular weight excluding hydrogens is 316 g/mol. The van der Waals surface area contributed by atoms with Crippen LogP contribution in [-0.2, 0) is 11.3 Å². The molecule has 6 nitrogen and oxygen atoms in total. The molecule has 0 aromatic carbocycles. The lowest BCUT2D eigenvalue weighted by molar-refractivity contribution is -0.137. The van der Waals surface area contributed by atoms with Gasteiger partial charge in [0.25, 0.3) is 0 Å². The number of carbonyl (C=O) groups is 1. The highest BCUT2D eigenvalue weighted by molar-refractivity contribution is 5.66. The molecule has 0 saturated heterocycles. The molecule has 6 heteroatoms. The number of aromatic nitrogens is 4. The van der Waals surface area contributed by atoms with Gasteiger partial charge in [-0.25, -0.2) is 0 Å². The molecule has 0 bridgehead atoms. The maximum atomic E-state index is 10.4. The highest BCUT2D eigenvalue weighted by Gasteiger charge is 2.04. The highest BCUT2D eigenvalue weighted by atomic mass is 16.4. The van der Waals surface area contributed by atoms with Gasteiger partial charge in [-0.15, -0.1) is 5.10 Å². The summed E-state index contributed by atoms with van der Waals surface area (Å²) in [5.41, 5.74) is 1.68. The summed E-state index contributed by atoms with van der Waals surface area (Å²) in [6.45, 7) is 0.898. The van der Waals surface area contributed by atoms with Gasteiger partial charge in [-0.1, -0.05) is 56.2 Å². The van der Waals surface area contributed by atoms with Crippen LogP contribution >= 0.6 is 0 Å². The molecule has 0 spiro atoms. The third-order valence-electron chi connectivity index (χ3n) is 4.24. The van der Waals surface area contributed by atoms with Crippen molar-refractivity contribution in [2.24, 2.45) is 0 Å². The van der Waals surface area contributed by atoms with Crippen LogP contribution in [0, 0.1) is 0 Å². The normalized spacial score (nSPS) is 10.9. The summed E-state index contributed by atoms with van der Waals surface area (Å²) < 4.78 is 1.90. The van der Waals surface area contributed by atoms with Crippen molar-refractivity contribution in [3.8, 4) is 11.4 Å². The fourth-order valence-electron chi connectivity index (χ4n) is 2.83. The van der Waals surface area contributed by atoms with Crippen molar-refractivity contribution in [3.05, 3.63) is 30.6 Å². The standard InChI is InChI=1S/C19H28N4O2/c24-19(25)13-8-6-4-2-1-3-5-7-11-15-23-16-18(21-22-23)17-12-9-10-14-20-17/h9-10,12,14,16H,1-8,11,13,15H2,(H,24,25). The number of rotatable bonds is 13. The number of carboxylic acid groups (broad SMARTS) is 1. The van der Waals surface area contributed by atoms with Crippen molar-refractivity contribution in [1.29, 1.82) is 0 Å². The molecule has 2 aromatic heterocycles. The van der Waals surface area contributed by atoms with E-state index in [1.165, 1.54) is 32.1 Å². The maximum Gasteiger partial charge on any atom is 0.303 e. The van der Waals surface area contributed by atoms with Crippen LogP contribution in [0.5, 0.6) is 0 Å². The molecule has 0 amide bonds. The molecule has 0 saturated carbocycles. The van der Waals surface area contributed by atoms with Crippen LogP contribution in [0.25, 0.3) is 11.4 Å². The minimum atomic E-state index is -0.681. The Bertz CT molecular complexity index is 613. The number of pyridine rings is 1. The van der Waals surface area contributed by atoms with Crippen LogP contribution in [-0.4, -0.2) is 31.1 Å². The molecule has 0 fully saturated rings. The zero-order valence-corrected chi connectivity index (χ0v) is 14.8. The minimum absolute atomic E-state index is 0.310. The van der Waals surface area contributed by atoms with Gasteiger partial charge in [-0.2, -0.15) is 0 Å². The van der Waals surface area contributed by atoms with E-state index in [4.69, 9.17) is 5.11 Å². The Morgan fingerprint density at radius 3 is 2.24 bits per heavy atom. The van der Waals surface area contributed by atoms with Gasteiger partial charge in [0.2, 0.25) is 0 Å². The van der Waals surface area contributed by atoms with Crippen LogP contribution in [0.15, 0.2) is 30.6 Å². The Kier molecular flexibility index (Phi) is 8.66. The second kappa shape index (κ2) is 11.3. The third kappa shape index (κ3) is 7.92. The monoisotopic (exact) mass is 344 g/mol. The van der Waals surface area contributed by atoms with E-state index >= 15 is 0 Å². The van der Waals surface area contributed by atoms with Crippen molar-refractivity contribution in [2.45, 2.75) is 70.8 Å². The quantitative estimate of drug-likeness (QED) is 0.547. The molecule has 0 aliphatic carbocycles. The SMILES string of the molecule is O=C(O)CCCCCCCCCCCn1cc(-c2ccccn2)nn1. The number of nitrogens with zero attached hydrogens (tertiary/aromatic N) is 4. The third-order valence-corrected chi connectivity index (χ3v) is 4.24. The van der Waals surface area contributed by atoms with E-state index in [0.717, 1.165) is 43.6 Å². The fraction of sp³-hybridized carbons (Fsp3) is 0.579. The second-order valence-electron chi connectivity index (χ2n) is 6.41. The van der Waals surface area contributed by atoms with E-state index in [9.17, 15) is 4.79 Å². The molecule has 2 aromatic rings. The number of hydrogen-bond acceptors (Lipinski definition) is 4. The number of aliphatic carboxylic acids is 1. The lowest BCUT2D eigenvalue weighted by Gasteiger charge is -2.02. The van der Waals surface area contributed by atoms with E-state index in [0.29, 0.717) is 6.42 Å². The zero-order valence-electron chi connectivity index (χ0n) is 14.8. The number of carboxylic acids is 1. The minimum Gasteiger partial charge on any atom is -0.481 e. The average Bonchev–Trinajstić information content (AvgIpc) is 3.09. The molecule has 0 aliphatic heterocycles. The highest BCUT2D eigenvalue weighted by Crippen LogP contribution is 2.13. The first kappa shape index (κ1) is 19.1. The Hall–Kier alpha value is -2.24. The van der Waals surface area contributed by atoms with Crippen molar-refractivity contribution in [3.63, 3.8) is 0 Å². The second-order valence-corrected chi connectivity index (χ2v) is 6.41. The topological polar surface area (TPSA) is 80.9 Å². The van der Waals surface area contributed by atoms with Crippen molar-refractivity contribution < 1.29 is 9.90 Å². The molecule has 1 N–H and O–H groups in total. The van der Waals surface area contributed by atoms with Crippen LogP contribution < -0.4 is 0 Å². The fourth-order valence-corrected chi connectivity index (χ4v) is 2.83. The summed E-state index contributed by atoms with van der Waals surface area (Å²) >= 11 is 0. The first-order chi connectivity index (χ1) is 12.3. The van der Waals surface area contributed by atoms with Crippen molar-refractivity contribution >= 4 is 5.97 Å². The molecule has 0 atom stereocenters. The molecule has 2 heterocycles. The molecule has 25 heavy (non-hydrogen) atoms. The van der Waals surface area contributed by atoms with Gasteiger partial charge in [0.15, 0.2) is 0 Å². The van der Waals surface area contributed by atoms with Crippen LogP contribution in [0.3, 0.4) is 0 Å². The molecule has 0 aliphatic rings. The Balaban J connectivity index is 1.47. The predicted octanol–water partition coefficient (Wildman–Crippen LogP) is 4.33. The van der Waals surface area contributed by atoms with Gasteiger partial charge in [0.05, 0.1) is 11.9 Å². The first-order valence-electron chi connectivity index (χ1n) is 9.29. The number of unbranched alkanes of at least 4 members (excludes halogenated alkanes) is 8. The summed E-state index contributed by atoms with van der Waals surface area (Å²) in [5, 5.41) is 16.9. The zero-order chi connectivity index (χ0) is 17.7. The maximum absolute atomic E-state index is 10.4. The molecular formula is C19H28N4O2. The van der Waals surface area contributed by atoms with E-state index in [1.807, 2.05) is 29.1 Å². The summed E-state index contributed by atoms with van der Waals surface area (Å²) in [6.07, 6.45) is 14.3. The summed E-state index contributed by atoms with van der Waals surface area (Å²) in [5.74, 6) is -0.681. The predicted molar refractivity (Wildman–Crippen MR) is 97.1 cm³/mol. The van der Waals surface area contributed by atoms with Gasteiger partial charge in [0.1, 0.15) is 5.69 Å². The van der Waals surface area contributed by atoms with Gasteiger partial charge in [0, 0.05) is 19.2 Å². The van der Waals surface area contributed by atoms with Crippen LogP contribution in [0.2, 0.25) is 0 Å². The molecule has 2 rings (SSSR count). The van der Waals surface area contributed by atoms with Gasteiger partial charge < -0.3 is 5.11 Å². The largest absolute Gasteiger partial charge is 0.481 e. The van der Waals surface area contributed by atoms with E-state index in [2.05, 4.69) is 15.3 Å². The van der Waals surface area contributed by atoms with Gasteiger partial charge >= 0.3 is 5.97 Å². The lowest BCUT2D eigenvalue weighted by atomic mass is 10.1. The first-order valence-corrected chi connectivity index (χ1v) is 9.29. The van der Waals surface area contributed by atoms with Crippen molar-refractivity contribution in [2.75, 3.05) is 0 Å². The lowest BCUT2D eigenvalue weighted by Crippen LogP contribution is -1.98. The Morgan fingerprint density at radius 1 is 0.920 bits per heavy atom.